The molecule has 0 spiro atoms. The van der Waals surface area contributed by atoms with Crippen LogP contribution >= 0.6 is 0 Å². The predicted molar refractivity (Wildman–Crippen MR) is 55.0 cm³/mol. The van der Waals surface area contributed by atoms with Gasteiger partial charge in [0.2, 0.25) is 5.91 Å². The summed E-state index contributed by atoms with van der Waals surface area (Å²) in [4.78, 5) is 13.5. The van der Waals surface area contributed by atoms with E-state index in [-0.39, 0.29) is 18.1 Å². The molecule has 82 valence electrons. The van der Waals surface area contributed by atoms with Crippen molar-refractivity contribution < 1.29 is 9.90 Å². The van der Waals surface area contributed by atoms with Crippen molar-refractivity contribution in [3.63, 3.8) is 0 Å². The standard InChI is InChI=1S/C10H20N2O2/c1-3-8(13)7-12-6-5-11-10(14)9(12)4-2/h8-9,13H,3-7H2,1-2H3,(H,11,14)/t8-,9?/m1/s1. The highest BCUT2D eigenvalue weighted by Gasteiger charge is 2.28. The van der Waals surface area contributed by atoms with Crippen molar-refractivity contribution in [1.82, 2.24) is 10.2 Å². The fourth-order valence-corrected chi connectivity index (χ4v) is 1.82. The molecular weight excluding hydrogens is 180 g/mol. The van der Waals surface area contributed by atoms with Crippen LogP contribution in [0.2, 0.25) is 0 Å². The second kappa shape index (κ2) is 5.32. The van der Waals surface area contributed by atoms with Gasteiger partial charge in [-0.3, -0.25) is 9.69 Å². The molecule has 1 fully saturated rings. The Labute approximate surface area is 85.3 Å². The number of piperazine rings is 1. The van der Waals surface area contributed by atoms with Crippen LogP contribution in [0.25, 0.3) is 0 Å². The van der Waals surface area contributed by atoms with Gasteiger partial charge in [-0.1, -0.05) is 13.8 Å². The van der Waals surface area contributed by atoms with Gasteiger partial charge in [0.25, 0.3) is 0 Å². The van der Waals surface area contributed by atoms with Gasteiger partial charge in [0, 0.05) is 19.6 Å². The van der Waals surface area contributed by atoms with Crippen molar-refractivity contribution in [2.75, 3.05) is 19.6 Å². The molecule has 1 heterocycles. The van der Waals surface area contributed by atoms with E-state index in [0.717, 1.165) is 19.4 Å². The Kier molecular flexibility index (Phi) is 4.35. The van der Waals surface area contributed by atoms with Gasteiger partial charge in [0.15, 0.2) is 0 Å². The van der Waals surface area contributed by atoms with Crippen LogP contribution in [0.15, 0.2) is 0 Å². The molecule has 1 aliphatic rings. The largest absolute Gasteiger partial charge is 0.392 e. The average molecular weight is 200 g/mol. The smallest absolute Gasteiger partial charge is 0.237 e. The van der Waals surface area contributed by atoms with Crippen molar-refractivity contribution in [2.24, 2.45) is 0 Å². The van der Waals surface area contributed by atoms with Crippen molar-refractivity contribution in [3.05, 3.63) is 0 Å². The molecule has 0 bridgehead atoms. The lowest BCUT2D eigenvalue weighted by molar-refractivity contribution is -0.129. The Morgan fingerprint density at radius 3 is 2.93 bits per heavy atom. The highest BCUT2D eigenvalue weighted by molar-refractivity contribution is 5.82. The molecule has 0 radical (unpaired) electrons. The van der Waals surface area contributed by atoms with E-state index >= 15 is 0 Å². The normalized spacial score (nSPS) is 25.9. The first-order chi connectivity index (χ1) is 6.69. The Morgan fingerprint density at radius 1 is 1.64 bits per heavy atom. The van der Waals surface area contributed by atoms with Crippen LogP contribution in [0, 0.1) is 0 Å². The first-order valence-electron chi connectivity index (χ1n) is 5.38. The Morgan fingerprint density at radius 2 is 2.36 bits per heavy atom. The maximum Gasteiger partial charge on any atom is 0.237 e. The molecule has 0 aromatic rings. The maximum atomic E-state index is 11.5. The molecular formula is C10H20N2O2. The van der Waals surface area contributed by atoms with Gasteiger partial charge in [-0.25, -0.2) is 0 Å². The fraction of sp³-hybridized carbons (Fsp3) is 0.900. The van der Waals surface area contributed by atoms with Gasteiger partial charge < -0.3 is 10.4 Å². The van der Waals surface area contributed by atoms with Crippen LogP contribution in [0.4, 0.5) is 0 Å². The second-order valence-electron chi connectivity index (χ2n) is 3.77. The van der Waals surface area contributed by atoms with Gasteiger partial charge in [-0.2, -0.15) is 0 Å². The molecule has 0 aromatic carbocycles. The quantitative estimate of drug-likeness (QED) is 0.670. The summed E-state index contributed by atoms with van der Waals surface area (Å²) < 4.78 is 0. The van der Waals surface area contributed by atoms with Crippen LogP contribution in [0.5, 0.6) is 0 Å². The van der Waals surface area contributed by atoms with E-state index in [1.807, 2.05) is 13.8 Å². The third kappa shape index (κ3) is 2.69. The van der Waals surface area contributed by atoms with Crippen LogP contribution in [-0.2, 0) is 4.79 Å². The number of aliphatic hydroxyl groups excluding tert-OH is 1. The zero-order chi connectivity index (χ0) is 10.6. The number of hydrogen-bond acceptors (Lipinski definition) is 3. The molecule has 4 nitrogen and oxygen atoms in total. The molecule has 1 aliphatic heterocycles. The van der Waals surface area contributed by atoms with E-state index in [4.69, 9.17) is 0 Å². The van der Waals surface area contributed by atoms with Gasteiger partial charge >= 0.3 is 0 Å². The molecule has 1 rings (SSSR count). The number of nitrogens with one attached hydrogen (secondary N) is 1. The van der Waals surface area contributed by atoms with Gasteiger partial charge in [-0.05, 0) is 12.8 Å². The molecule has 1 unspecified atom stereocenters. The number of amides is 1. The van der Waals surface area contributed by atoms with Gasteiger partial charge in [0.05, 0.1) is 12.1 Å². The number of nitrogens with zero attached hydrogens (tertiary/aromatic N) is 1. The van der Waals surface area contributed by atoms with Crippen molar-refractivity contribution >= 4 is 5.91 Å². The molecule has 0 aromatic heterocycles. The highest BCUT2D eigenvalue weighted by Crippen LogP contribution is 2.09. The summed E-state index contributed by atoms with van der Waals surface area (Å²) in [6.45, 7) is 6.12. The number of rotatable bonds is 4. The van der Waals surface area contributed by atoms with E-state index in [1.54, 1.807) is 0 Å². The first kappa shape index (κ1) is 11.5. The van der Waals surface area contributed by atoms with Crippen LogP contribution < -0.4 is 5.32 Å². The molecule has 2 atom stereocenters. The summed E-state index contributed by atoms with van der Waals surface area (Å²) in [6.07, 6.45) is 1.24. The lowest BCUT2D eigenvalue weighted by Crippen LogP contribution is -2.56. The van der Waals surface area contributed by atoms with Crippen LogP contribution in [-0.4, -0.2) is 47.7 Å². The molecule has 1 amide bonds. The summed E-state index contributed by atoms with van der Waals surface area (Å²) in [5, 5.41) is 12.4. The van der Waals surface area contributed by atoms with E-state index in [0.29, 0.717) is 13.1 Å². The summed E-state index contributed by atoms with van der Waals surface area (Å²) in [5.41, 5.74) is 0. The second-order valence-corrected chi connectivity index (χ2v) is 3.77. The summed E-state index contributed by atoms with van der Waals surface area (Å²) in [6, 6.07) is -0.0510. The summed E-state index contributed by atoms with van der Waals surface area (Å²) in [5.74, 6) is 0.0991. The topological polar surface area (TPSA) is 52.6 Å². The number of carbonyl (C=O) groups excluding carboxylic acids is 1. The first-order valence-corrected chi connectivity index (χ1v) is 5.38. The van der Waals surface area contributed by atoms with Crippen LogP contribution in [0.3, 0.4) is 0 Å². The minimum Gasteiger partial charge on any atom is -0.392 e. The van der Waals surface area contributed by atoms with Crippen molar-refractivity contribution in [1.29, 1.82) is 0 Å². The lowest BCUT2D eigenvalue weighted by Gasteiger charge is -2.35. The monoisotopic (exact) mass is 200 g/mol. The van der Waals surface area contributed by atoms with E-state index in [1.165, 1.54) is 0 Å². The third-order valence-corrected chi connectivity index (χ3v) is 2.74. The van der Waals surface area contributed by atoms with E-state index in [9.17, 15) is 9.90 Å². The van der Waals surface area contributed by atoms with Gasteiger partial charge in [0.1, 0.15) is 0 Å². The van der Waals surface area contributed by atoms with Crippen LogP contribution in [0.1, 0.15) is 26.7 Å². The maximum absolute atomic E-state index is 11.5. The van der Waals surface area contributed by atoms with E-state index in [2.05, 4.69) is 10.2 Å². The lowest BCUT2D eigenvalue weighted by atomic mass is 10.1. The SMILES string of the molecule is CCC1C(=O)NCCN1C[C@H](O)CC. The Bertz CT molecular complexity index is 197. The molecule has 1 saturated heterocycles. The Hall–Kier alpha value is -0.610. The summed E-state index contributed by atoms with van der Waals surface area (Å²) >= 11 is 0. The zero-order valence-corrected chi connectivity index (χ0v) is 8.99. The highest BCUT2D eigenvalue weighted by atomic mass is 16.3. The molecule has 2 N–H and O–H groups in total. The van der Waals surface area contributed by atoms with Crippen molar-refractivity contribution in [3.8, 4) is 0 Å². The average Bonchev–Trinajstić information content (AvgIpc) is 2.18. The molecule has 0 aliphatic carbocycles. The Balaban J connectivity index is 2.51. The molecule has 0 saturated carbocycles. The minimum absolute atomic E-state index is 0.0510. The fourth-order valence-electron chi connectivity index (χ4n) is 1.82. The zero-order valence-electron chi connectivity index (χ0n) is 8.99. The number of aliphatic hydroxyl groups is 1. The summed E-state index contributed by atoms with van der Waals surface area (Å²) in [7, 11) is 0. The number of carbonyl (C=O) groups is 1. The number of β-amino-alcohol motifs (C(OH)–C–C–N with tert-alkyl or cyclic N) is 1. The van der Waals surface area contributed by atoms with Crippen molar-refractivity contribution in [2.45, 2.75) is 38.8 Å². The minimum atomic E-state index is -0.310. The van der Waals surface area contributed by atoms with E-state index < -0.39 is 0 Å². The number of hydrogen-bond donors (Lipinski definition) is 2. The predicted octanol–water partition coefficient (Wildman–Crippen LogP) is -0.0323. The molecule has 14 heavy (non-hydrogen) atoms. The molecule has 4 heteroatoms. The van der Waals surface area contributed by atoms with Gasteiger partial charge in [-0.15, -0.1) is 0 Å². The third-order valence-electron chi connectivity index (χ3n) is 2.74.